The van der Waals surface area contributed by atoms with Crippen LogP contribution in [-0.2, 0) is 17.9 Å². The molecule has 3 aliphatic rings. The third-order valence-electron chi connectivity index (χ3n) is 9.49. The van der Waals surface area contributed by atoms with Gasteiger partial charge in [-0.05, 0) is 23.0 Å². The van der Waals surface area contributed by atoms with Crippen LogP contribution in [0, 0.1) is 16.7 Å². The molecule has 3 fully saturated rings. The van der Waals surface area contributed by atoms with Crippen LogP contribution in [0.1, 0.15) is 64.1 Å². The number of carbonyl (C=O) groups excluding carboxylic acids is 3. The standard InChI is InChI=1S/C34H36N6O4/c1-33(2)13-26(33)32(43)39-21-34(22-39)20-38(31(42)25-15-36-40(17-25)16-24-11-7-4-8-12-24)18-27(34)30-37-28(19-44-30)29(41)35-14-23-9-5-3-6-10-23/h3-12,15,17,19,26-27H,13-14,16,18,20-22H2,1-2H3,(H,35,41)/t26-,27?/m1/s1. The molecule has 226 valence electrons. The Bertz CT molecular complexity index is 1690. The Morgan fingerprint density at radius 1 is 0.955 bits per heavy atom. The molecule has 2 saturated heterocycles. The molecule has 0 radical (unpaired) electrons. The second-order valence-corrected chi connectivity index (χ2v) is 13.2. The third-order valence-corrected chi connectivity index (χ3v) is 9.49. The number of hydrogen-bond donors (Lipinski definition) is 1. The number of likely N-dealkylation sites (tertiary alicyclic amines) is 2. The first kappa shape index (κ1) is 28.1. The van der Waals surface area contributed by atoms with Crippen molar-refractivity contribution in [3.8, 4) is 0 Å². The summed E-state index contributed by atoms with van der Waals surface area (Å²) in [4.78, 5) is 48.2. The average Bonchev–Trinajstić information content (AvgIpc) is 3.49. The zero-order chi connectivity index (χ0) is 30.5. The van der Waals surface area contributed by atoms with Crippen LogP contribution in [0.5, 0.6) is 0 Å². The van der Waals surface area contributed by atoms with Crippen molar-refractivity contribution in [1.29, 1.82) is 0 Å². The van der Waals surface area contributed by atoms with E-state index in [1.54, 1.807) is 17.1 Å². The van der Waals surface area contributed by atoms with E-state index in [0.717, 1.165) is 17.5 Å². The Balaban J connectivity index is 1.08. The summed E-state index contributed by atoms with van der Waals surface area (Å²) in [7, 11) is 0. The largest absolute Gasteiger partial charge is 0.448 e. The highest BCUT2D eigenvalue weighted by Gasteiger charge is 2.61. The van der Waals surface area contributed by atoms with Crippen molar-refractivity contribution in [2.45, 2.75) is 39.3 Å². The summed E-state index contributed by atoms with van der Waals surface area (Å²) in [6, 6.07) is 19.6. The predicted molar refractivity (Wildman–Crippen MR) is 161 cm³/mol. The summed E-state index contributed by atoms with van der Waals surface area (Å²) >= 11 is 0. The van der Waals surface area contributed by atoms with Crippen molar-refractivity contribution in [2.75, 3.05) is 26.2 Å². The first-order valence-corrected chi connectivity index (χ1v) is 15.1. The van der Waals surface area contributed by atoms with Crippen LogP contribution in [0.15, 0.2) is 83.7 Å². The van der Waals surface area contributed by atoms with E-state index in [1.165, 1.54) is 6.26 Å². The molecule has 1 N–H and O–H groups in total. The van der Waals surface area contributed by atoms with Crippen LogP contribution in [-0.4, -0.2) is 68.5 Å². The highest BCUT2D eigenvalue weighted by atomic mass is 16.3. The molecule has 1 aliphatic carbocycles. The first-order chi connectivity index (χ1) is 21.2. The van der Waals surface area contributed by atoms with Gasteiger partial charge in [-0.25, -0.2) is 4.98 Å². The average molecular weight is 593 g/mol. The molecule has 44 heavy (non-hydrogen) atoms. The summed E-state index contributed by atoms with van der Waals surface area (Å²) in [5.74, 6) is -0.0430. The van der Waals surface area contributed by atoms with Crippen LogP contribution < -0.4 is 5.32 Å². The van der Waals surface area contributed by atoms with Crippen molar-refractivity contribution >= 4 is 17.7 Å². The Labute approximate surface area is 256 Å². The van der Waals surface area contributed by atoms with Gasteiger partial charge in [0.05, 0.1) is 24.2 Å². The molecule has 1 unspecified atom stereocenters. The van der Waals surface area contributed by atoms with Crippen molar-refractivity contribution in [2.24, 2.45) is 16.7 Å². The normalized spacial score (nSPS) is 21.2. The molecule has 2 aromatic carbocycles. The molecule has 10 heteroatoms. The number of carbonyl (C=O) groups is 3. The Kier molecular flexibility index (Phi) is 6.87. The minimum absolute atomic E-state index is 0.0431. The van der Waals surface area contributed by atoms with E-state index in [-0.39, 0.29) is 40.7 Å². The number of benzene rings is 2. The summed E-state index contributed by atoms with van der Waals surface area (Å²) in [5, 5.41) is 7.33. The fourth-order valence-corrected chi connectivity index (χ4v) is 6.70. The Morgan fingerprint density at radius 3 is 2.30 bits per heavy atom. The van der Waals surface area contributed by atoms with Crippen molar-refractivity contribution < 1.29 is 18.8 Å². The molecule has 10 nitrogen and oxygen atoms in total. The van der Waals surface area contributed by atoms with E-state index in [2.05, 4.69) is 29.2 Å². The lowest BCUT2D eigenvalue weighted by Gasteiger charge is -2.50. The number of nitrogens with zero attached hydrogens (tertiary/aromatic N) is 5. The van der Waals surface area contributed by atoms with Gasteiger partial charge in [-0.3, -0.25) is 19.1 Å². The van der Waals surface area contributed by atoms with Gasteiger partial charge in [0, 0.05) is 50.3 Å². The van der Waals surface area contributed by atoms with Crippen molar-refractivity contribution in [3.63, 3.8) is 0 Å². The molecule has 3 amide bonds. The highest BCUT2D eigenvalue weighted by molar-refractivity contribution is 5.94. The van der Waals surface area contributed by atoms with E-state index in [1.807, 2.05) is 70.5 Å². The van der Waals surface area contributed by atoms with Gasteiger partial charge in [-0.1, -0.05) is 74.5 Å². The topological polar surface area (TPSA) is 114 Å². The van der Waals surface area contributed by atoms with Gasteiger partial charge >= 0.3 is 0 Å². The quantitative estimate of drug-likeness (QED) is 0.331. The molecule has 1 saturated carbocycles. The van der Waals surface area contributed by atoms with E-state index < -0.39 is 5.41 Å². The SMILES string of the molecule is CC1(C)C[C@@H]1C(=O)N1CC2(CN(C(=O)c3cnn(Cc4ccccc4)c3)CC2c2nc(C(=O)NCc3ccccc3)co2)C1. The van der Waals surface area contributed by atoms with Crippen molar-refractivity contribution in [3.05, 3.63) is 108 Å². The maximum absolute atomic E-state index is 13.7. The summed E-state index contributed by atoms with van der Waals surface area (Å²) < 4.78 is 7.68. The maximum Gasteiger partial charge on any atom is 0.273 e. The number of oxazole rings is 1. The van der Waals surface area contributed by atoms with Crippen LogP contribution >= 0.6 is 0 Å². The van der Waals surface area contributed by atoms with E-state index in [0.29, 0.717) is 50.7 Å². The number of nitrogens with one attached hydrogen (secondary N) is 1. The Morgan fingerprint density at radius 2 is 1.61 bits per heavy atom. The number of hydrogen-bond acceptors (Lipinski definition) is 6. The predicted octanol–water partition coefficient (Wildman–Crippen LogP) is 3.96. The van der Waals surface area contributed by atoms with Gasteiger partial charge in [0.1, 0.15) is 6.26 Å². The van der Waals surface area contributed by atoms with Gasteiger partial charge in [0.25, 0.3) is 11.8 Å². The summed E-state index contributed by atoms with van der Waals surface area (Å²) in [6.45, 7) is 7.10. The van der Waals surface area contributed by atoms with E-state index in [4.69, 9.17) is 4.42 Å². The molecule has 1 spiro atoms. The summed E-state index contributed by atoms with van der Waals surface area (Å²) in [6.07, 6.45) is 5.67. The molecule has 4 aromatic rings. The molecule has 0 bridgehead atoms. The smallest absolute Gasteiger partial charge is 0.273 e. The second-order valence-electron chi connectivity index (χ2n) is 13.2. The molecule has 7 rings (SSSR count). The van der Waals surface area contributed by atoms with E-state index >= 15 is 0 Å². The summed E-state index contributed by atoms with van der Waals surface area (Å²) in [5.41, 5.74) is 2.44. The minimum atomic E-state index is -0.396. The molecular weight excluding hydrogens is 556 g/mol. The van der Waals surface area contributed by atoms with Crippen LogP contribution in [0.4, 0.5) is 0 Å². The molecule has 4 heterocycles. The lowest BCUT2D eigenvalue weighted by molar-refractivity contribution is -0.146. The van der Waals surface area contributed by atoms with Gasteiger partial charge in [0.2, 0.25) is 5.91 Å². The number of rotatable bonds is 8. The van der Waals surface area contributed by atoms with Gasteiger partial charge in [-0.2, -0.15) is 5.10 Å². The highest BCUT2D eigenvalue weighted by Crippen LogP contribution is 2.55. The molecule has 2 atom stereocenters. The lowest BCUT2D eigenvalue weighted by atomic mass is 9.71. The maximum atomic E-state index is 13.7. The van der Waals surface area contributed by atoms with Crippen LogP contribution in [0.2, 0.25) is 0 Å². The van der Waals surface area contributed by atoms with Crippen LogP contribution in [0.3, 0.4) is 0 Å². The zero-order valence-electron chi connectivity index (χ0n) is 25.0. The molecule has 2 aliphatic heterocycles. The van der Waals surface area contributed by atoms with Gasteiger partial charge in [0.15, 0.2) is 11.6 Å². The zero-order valence-corrected chi connectivity index (χ0v) is 25.0. The van der Waals surface area contributed by atoms with Gasteiger partial charge in [-0.15, -0.1) is 0 Å². The number of amides is 3. The fraction of sp³-hybridized carbons (Fsp3) is 0.382. The minimum Gasteiger partial charge on any atom is -0.448 e. The molecular formula is C34H36N6O4. The first-order valence-electron chi connectivity index (χ1n) is 15.1. The monoisotopic (exact) mass is 592 g/mol. The van der Waals surface area contributed by atoms with E-state index in [9.17, 15) is 14.4 Å². The van der Waals surface area contributed by atoms with Crippen LogP contribution in [0.25, 0.3) is 0 Å². The molecule has 2 aromatic heterocycles. The lowest BCUT2D eigenvalue weighted by Crippen LogP contribution is -2.62. The van der Waals surface area contributed by atoms with Gasteiger partial charge < -0.3 is 19.5 Å². The Hall–Kier alpha value is -4.73. The third kappa shape index (κ3) is 5.29. The fourth-order valence-electron chi connectivity index (χ4n) is 6.70. The second kappa shape index (κ2) is 10.8. The van der Waals surface area contributed by atoms with Crippen molar-refractivity contribution in [1.82, 2.24) is 29.9 Å². The number of aromatic nitrogens is 3.